The fourth-order valence-corrected chi connectivity index (χ4v) is 10.5. The molecule has 0 unspecified atom stereocenters. The summed E-state index contributed by atoms with van der Waals surface area (Å²) in [6.45, 7) is 0.636. The van der Waals surface area contributed by atoms with Gasteiger partial charge in [0.1, 0.15) is 0 Å². The van der Waals surface area contributed by atoms with Crippen molar-refractivity contribution in [1.29, 1.82) is 0 Å². The number of hydrogen-bond donors (Lipinski definition) is 0. The molecule has 3 heteroatoms. The van der Waals surface area contributed by atoms with Crippen molar-refractivity contribution < 1.29 is 4.74 Å². The Bertz CT molecular complexity index is 1540. The van der Waals surface area contributed by atoms with Crippen LogP contribution in [-0.2, 0) is 0 Å². The van der Waals surface area contributed by atoms with Crippen molar-refractivity contribution in [3.63, 3.8) is 0 Å². The van der Waals surface area contributed by atoms with E-state index in [0.717, 1.165) is 40.6 Å². The molecule has 192 valence electrons. The molecule has 0 aliphatic rings. The monoisotopic (exact) mass is 526 g/mol. The first kappa shape index (κ1) is 25.0. The fourth-order valence-electron chi connectivity index (χ4n) is 5.67. The van der Waals surface area contributed by atoms with E-state index in [-0.39, 0.29) is 5.43 Å². The van der Waals surface area contributed by atoms with Gasteiger partial charge in [-0.2, -0.15) is 0 Å². The third kappa shape index (κ3) is 5.09. The van der Waals surface area contributed by atoms with Crippen LogP contribution < -0.4 is 26.1 Å². The molecule has 0 heterocycles. The molecule has 6 rings (SSSR count). The van der Waals surface area contributed by atoms with Crippen LogP contribution in [0, 0.1) is 0 Å². The third-order valence-corrected chi connectivity index (χ3v) is 12.7. The second-order valence-electron chi connectivity index (χ2n) is 9.92. The van der Waals surface area contributed by atoms with Crippen LogP contribution in [0.25, 0.3) is 22.3 Å². The van der Waals surface area contributed by atoms with Crippen molar-refractivity contribution in [2.24, 2.45) is 0 Å². The Morgan fingerprint density at radius 1 is 0.487 bits per heavy atom. The summed E-state index contributed by atoms with van der Waals surface area (Å²) in [5.74, 6) is 0.833. The number of rotatable bonds is 10. The van der Waals surface area contributed by atoms with Crippen molar-refractivity contribution in [3.05, 3.63) is 156 Å². The van der Waals surface area contributed by atoms with Crippen LogP contribution in [0.2, 0.25) is 0 Å². The number of ether oxygens (including phenoxy) is 1. The van der Waals surface area contributed by atoms with Crippen molar-refractivity contribution in [2.45, 2.75) is 6.42 Å². The van der Waals surface area contributed by atoms with E-state index in [1.54, 1.807) is 0 Å². The summed E-state index contributed by atoms with van der Waals surface area (Å²) in [6.07, 6.45) is 1.99. The van der Waals surface area contributed by atoms with E-state index in [4.69, 9.17) is 4.74 Å². The van der Waals surface area contributed by atoms with E-state index < -0.39 is 7.26 Å². The summed E-state index contributed by atoms with van der Waals surface area (Å²) in [4.78, 5) is 12.5. The Morgan fingerprint density at radius 2 is 0.897 bits per heavy atom. The predicted molar refractivity (Wildman–Crippen MR) is 167 cm³/mol. The molecule has 0 aliphatic carbocycles. The molecule has 6 aromatic rings. The summed E-state index contributed by atoms with van der Waals surface area (Å²) in [5.41, 5.74) is 3.72. The Labute approximate surface area is 230 Å². The minimum atomic E-state index is -2.25. The van der Waals surface area contributed by atoms with Crippen molar-refractivity contribution in [3.8, 4) is 28.0 Å². The Hall–Kier alpha value is -4.26. The number of benzene rings is 5. The first-order chi connectivity index (χ1) is 19.3. The zero-order valence-electron chi connectivity index (χ0n) is 21.8. The molecule has 0 bridgehead atoms. The van der Waals surface area contributed by atoms with Gasteiger partial charge in [-0.05, 0) is 0 Å². The first-order valence-electron chi connectivity index (χ1n) is 13.5. The normalized spacial score (nSPS) is 11.9. The third-order valence-electron chi connectivity index (χ3n) is 7.61. The molecule has 0 saturated heterocycles. The molecule has 0 N–H and O–H groups in total. The SMILES string of the molecule is O=c1c(-c2ccccc2)c1-c1ccc(OCCC[PH](c2ccccc2)(c2ccccc2)c2ccccc2)cc1. The molecule has 0 saturated carbocycles. The van der Waals surface area contributed by atoms with Gasteiger partial charge < -0.3 is 0 Å². The molecule has 0 aromatic heterocycles. The van der Waals surface area contributed by atoms with Gasteiger partial charge in [0.25, 0.3) is 0 Å². The van der Waals surface area contributed by atoms with Gasteiger partial charge in [0.2, 0.25) is 0 Å². The van der Waals surface area contributed by atoms with Crippen LogP contribution in [0.1, 0.15) is 6.42 Å². The van der Waals surface area contributed by atoms with Gasteiger partial charge in [0.15, 0.2) is 0 Å². The standard InChI is InChI=1S/C36H31O2P/c37-36-34(28-14-5-1-6-15-28)35(36)29-22-24-30(25-23-29)38-26-13-27-39(31-16-7-2-8-17-31,32-18-9-3-10-19-32)33-20-11-4-12-21-33/h1-12,14-25,39H,13,26-27H2. The first-order valence-corrected chi connectivity index (χ1v) is 15.7. The molecule has 0 atom stereocenters. The van der Waals surface area contributed by atoms with Crippen LogP contribution in [0.15, 0.2) is 150 Å². The van der Waals surface area contributed by atoms with E-state index in [2.05, 4.69) is 91.0 Å². The molecule has 0 spiro atoms. The van der Waals surface area contributed by atoms with Gasteiger partial charge in [0, 0.05) is 0 Å². The van der Waals surface area contributed by atoms with Gasteiger partial charge in [-0.3, -0.25) is 0 Å². The van der Waals surface area contributed by atoms with E-state index >= 15 is 0 Å². The molecule has 2 nitrogen and oxygen atoms in total. The van der Waals surface area contributed by atoms with Gasteiger partial charge in [-0.1, -0.05) is 18.2 Å². The van der Waals surface area contributed by atoms with Crippen LogP contribution in [0.3, 0.4) is 0 Å². The predicted octanol–water partition coefficient (Wildman–Crippen LogP) is 6.75. The van der Waals surface area contributed by atoms with Crippen LogP contribution in [-0.4, -0.2) is 12.8 Å². The van der Waals surface area contributed by atoms with Crippen molar-refractivity contribution >= 4 is 23.2 Å². The molecule has 0 radical (unpaired) electrons. The molecule has 6 aromatic carbocycles. The zero-order valence-corrected chi connectivity index (χ0v) is 22.8. The minimum absolute atomic E-state index is 0.138. The molecule has 0 fully saturated rings. The van der Waals surface area contributed by atoms with Gasteiger partial charge in [-0.15, -0.1) is 0 Å². The Balaban J connectivity index is 1.19. The molecule has 0 amide bonds. The molecule has 39 heavy (non-hydrogen) atoms. The maximum absolute atomic E-state index is 12.5. The van der Waals surface area contributed by atoms with Crippen molar-refractivity contribution in [1.82, 2.24) is 0 Å². The second kappa shape index (κ2) is 11.2. The average Bonchev–Trinajstić information content (AvgIpc) is 3.70. The van der Waals surface area contributed by atoms with Gasteiger partial charge in [0.05, 0.1) is 0 Å². The van der Waals surface area contributed by atoms with Crippen molar-refractivity contribution in [2.75, 3.05) is 12.8 Å². The van der Waals surface area contributed by atoms with E-state index in [1.165, 1.54) is 15.9 Å². The topological polar surface area (TPSA) is 26.3 Å². The molecule has 0 aliphatic heterocycles. The summed E-state index contributed by atoms with van der Waals surface area (Å²) in [7, 11) is -2.25. The van der Waals surface area contributed by atoms with Gasteiger partial charge >= 0.3 is 213 Å². The summed E-state index contributed by atoms with van der Waals surface area (Å²) >= 11 is 0. The van der Waals surface area contributed by atoms with Crippen LogP contribution in [0.5, 0.6) is 5.75 Å². The van der Waals surface area contributed by atoms with Crippen LogP contribution >= 0.6 is 7.26 Å². The molecular weight excluding hydrogens is 495 g/mol. The second-order valence-corrected chi connectivity index (χ2v) is 14.0. The zero-order chi connectivity index (χ0) is 26.5. The Morgan fingerprint density at radius 3 is 1.36 bits per heavy atom. The summed E-state index contributed by atoms with van der Waals surface area (Å²) in [5, 5.41) is 4.26. The van der Waals surface area contributed by atoms with E-state index in [9.17, 15) is 4.79 Å². The summed E-state index contributed by atoms with van der Waals surface area (Å²) in [6, 6.07) is 50.8. The number of hydrogen-bond acceptors (Lipinski definition) is 2. The van der Waals surface area contributed by atoms with E-state index in [0.29, 0.717) is 6.61 Å². The molecular formula is C36H31O2P. The fraction of sp³-hybridized carbons (Fsp3) is 0.0833. The summed E-state index contributed by atoms with van der Waals surface area (Å²) < 4.78 is 6.22. The Kier molecular flexibility index (Phi) is 7.21. The van der Waals surface area contributed by atoms with Gasteiger partial charge in [-0.25, -0.2) is 0 Å². The van der Waals surface area contributed by atoms with E-state index in [1.807, 2.05) is 54.6 Å². The average molecular weight is 527 g/mol. The quantitative estimate of drug-likeness (QED) is 0.146. The van der Waals surface area contributed by atoms with Crippen LogP contribution in [0.4, 0.5) is 0 Å². The maximum atomic E-state index is 12.5.